The predicted octanol–water partition coefficient (Wildman–Crippen LogP) is 3.64. The van der Waals surface area contributed by atoms with Crippen molar-refractivity contribution in [3.05, 3.63) is 93.7 Å². The summed E-state index contributed by atoms with van der Waals surface area (Å²) in [6.07, 6.45) is 2.16. The molecule has 0 radical (unpaired) electrons. The van der Waals surface area contributed by atoms with E-state index >= 15 is 0 Å². The maximum Gasteiger partial charge on any atom is 0.277 e. The molecule has 3 aromatic rings. The Kier molecular flexibility index (Phi) is 6.35. The first-order valence-electron chi connectivity index (χ1n) is 10.9. The largest absolute Gasteiger partial charge is 0.502 e. The molecule has 4 rings (SSSR count). The lowest BCUT2D eigenvalue weighted by atomic mass is 9.96. The number of nitrogens with zero attached hydrogens (tertiary/aromatic N) is 3. The molecule has 0 fully saturated rings. The van der Waals surface area contributed by atoms with Crippen LogP contribution in [0.5, 0.6) is 11.5 Å². The predicted molar refractivity (Wildman–Crippen MR) is 123 cm³/mol. The van der Waals surface area contributed by atoms with E-state index in [1.807, 2.05) is 42.3 Å². The average molecular weight is 451 g/mol. The first-order chi connectivity index (χ1) is 16.0. The lowest BCUT2D eigenvalue weighted by molar-refractivity contribution is 0.0679. The monoisotopic (exact) mass is 451 g/mol. The van der Waals surface area contributed by atoms with Crippen LogP contribution in [0.15, 0.2) is 65.6 Å². The molecular formula is C25H26FN3O4. The minimum Gasteiger partial charge on any atom is -0.502 e. The van der Waals surface area contributed by atoms with Gasteiger partial charge in [-0.25, -0.2) is 4.39 Å². The van der Waals surface area contributed by atoms with Crippen LogP contribution in [0.25, 0.3) is 0 Å². The smallest absolute Gasteiger partial charge is 0.277 e. The molecule has 172 valence electrons. The first-order valence-corrected chi connectivity index (χ1v) is 10.9. The van der Waals surface area contributed by atoms with Crippen LogP contribution in [-0.4, -0.2) is 40.4 Å². The number of carbonyl (C=O) groups excluding carboxylic acids is 1. The van der Waals surface area contributed by atoms with Crippen molar-refractivity contribution in [3.63, 3.8) is 0 Å². The third-order valence-corrected chi connectivity index (χ3v) is 5.62. The quantitative estimate of drug-likeness (QED) is 0.594. The Morgan fingerprint density at radius 3 is 2.52 bits per heavy atom. The van der Waals surface area contributed by atoms with Crippen molar-refractivity contribution in [3.8, 4) is 11.5 Å². The van der Waals surface area contributed by atoms with Crippen LogP contribution >= 0.6 is 0 Å². The summed E-state index contributed by atoms with van der Waals surface area (Å²) in [7, 11) is 0. The second-order valence-electron chi connectivity index (χ2n) is 7.78. The molecule has 1 aromatic heterocycles. The third-order valence-electron chi connectivity index (χ3n) is 5.62. The van der Waals surface area contributed by atoms with Gasteiger partial charge >= 0.3 is 0 Å². The van der Waals surface area contributed by atoms with E-state index < -0.39 is 28.9 Å². The van der Waals surface area contributed by atoms with E-state index in [2.05, 4.69) is 0 Å². The van der Waals surface area contributed by atoms with E-state index in [0.717, 1.165) is 5.56 Å². The summed E-state index contributed by atoms with van der Waals surface area (Å²) in [6.45, 7) is 4.61. The molecule has 2 aromatic carbocycles. The zero-order chi connectivity index (χ0) is 23.5. The van der Waals surface area contributed by atoms with Gasteiger partial charge in [-0.2, -0.15) is 0 Å². The minimum absolute atomic E-state index is 0.113. The molecule has 2 heterocycles. The third kappa shape index (κ3) is 4.04. The van der Waals surface area contributed by atoms with Crippen LogP contribution in [0, 0.1) is 5.82 Å². The minimum atomic E-state index is -0.634. The van der Waals surface area contributed by atoms with E-state index in [0.29, 0.717) is 18.5 Å². The summed E-state index contributed by atoms with van der Waals surface area (Å²) in [6, 6.07) is 14.9. The number of aromatic hydroxyl groups is 1. The van der Waals surface area contributed by atoms with Crippen molar-refractivity contribution in [2.75, 3.05) is 24.8 Å². The van der Waals surface area contributed by atoms with Gasteiger partial charge < -0.3 is 14.7 Å². The van der Waals surface area contributed by atoms with Gasteiger partial charge in [0.15, 0.2) is 23.0 Å². The fourth-order valence-electron chi connectivity index (χ4n) is 4.22. The Hall–Kier alpha value is -3.81. The van der Waals surface area contributed by atoms with Gasteiger partial charge in [0.05, 0.1) is 6.61 Å². The number of halogens is 1. The van der Waals surface area contributed by atoms with Crippen LogP contribution in [-0.2, 0) is 0 Å². The SMILES string of the molecule is CCCN1CN([C@@H](c2ccccc2)c2cccc(F)c2OCC)n2ccc(=O)c(O)c2C1=O. The Labute approximate surface area is 191 Å². The van der Waals surface area contributed by atoms with Crippen LogP contribution in [0.2, 0.25) is 0 Å². The molecule has 0 saturated carbocycles. The van der Waals surface area contributed by atoms with Gasteiger partial charge in [-0.15, -0.1) is 0 Å². The summed E-state index contributed by atoms with van der Waals surface area (Å²) < 4.78 is 22.0. The summed E-state index contributed by atoms with van der Waals surface area (Å²) in [4.78, 5) is 26.9. The highest BCUT2D eigenvalue weighted by Crippen LogP contribution is 2.37. The maximum atomic E-state index is 14.9. The highest BCUT2D eigenvalue weighted by molar-refractivity contribution is 5.96. The normalized spacial score (nSPS) is 14.2. The number of benzene rings is 2. The standard InChI is InChI=1S/C25H26FN3O4/c1-3-14-27-16-29(28-15-13-20(30)23(31)22(28)25(27)32)21(17-9-6-5-7-10-17)18-11-8-12-19(26)24(18)33-4-2/h5-13,15,21,31H,3-4,14,16H2,1-2H3/t21-/m0/s1. The zero-order valence-electron chi connectivity index (χ0n) is 18.6. The average Bonchev–Trinajstić information content (AvgIpc) is 2.81. The van der Waals surface area contributed by atoms with Crippen LogP contribution < -0.4 is 15.2 Å². The van der Waals surface area contributed by atoms with Gasteiger partial charge in [0.2, 0.25) is 5.43 Å². The molecule has 1 aliphatic rings. The molecule has 0 aliphatic carbocycles. The van der Waals surface area contributed by atoms with Crippen LogP contribution in [0.3, 0.4) is 0 Å². The van der Waals surface area contributed by atoms with E-state index in [-0.39, 0.29) is 24.7 Å². The number of aromatic nitrogens is 1. The molecule has 0 unspecified atom stereocenters. The summed E-state index contributed by atoms with van der Waals surface area (Å²) in [5.74, 6) is -1.40. The molecule has 0 spiro atoms. The number of hydrogen-bond donors (Lipinski definition) is 1. The molecule has 0 saturated heterocycles. The number of pyridine rings is 1. The van der Waals surface area contributed by atoms with E-state index in [1.165, 1.54) is 23.0 Å². The van der Waals surface area contributed by atoms with Crippen molar-refractivity contribution in [1.29, 1.82) is 0 Å². The van der Waals surface area contributed by atoms with Gasteiger partial charge in [0, 0.05) is 24.4 Å². The fourth-order valence-corrected chi connectivity index (χ4v) is 4.22. The van der Waals surface area contributed by atoms with E-state index in [9.17, 15) is 19.1 Å². The van der Waals surface area contributed by atoms with Crippen molar-refractivity contribution < 1.29 is 19.0 Å². The van der Waals surface area contributed by atoms with Crippen molar-refractivity contribution in [1.82, 2.24) is 9.58 Å². The van der Waals surface area contributed by atoms with Crippen molar-refractivity contribution >= 4 is 5.91 Å². The van der Waals surface area contributed by atoms with Gasteiger partial charge in [0.25, 0.3) is 5.91 Å². The number of ether oxygens (including phenoxy) is 1. The van der Waals surface area contributed by atoms with Gasteiger partial charge in [-0.3, -0.25) is 19.3 Å². The molecule has 1 N–H and O–H groups in total. The second-order valence-corrected chi connectivity index (χ2v) is 7.78. The van der Waals surface area contributed by atoms with E-state index in [4.69, 9.17) is 4.74 Å². The summed E-state index contributed by atoms with van der Waals surface area (Å²) in [5, 5.41) is 12.4. The van der Waals surface area contributed by atoms with Crippen LogP contribution in [0.1, 0.15) is 47.9 Å². The molecule has 1 amide bonds. The zero-order valence-corrected chi connectivity index (χ0v) is 18.6. The molecule has 7 nitrogen and oxygen atoms in total. The first kappa shape index (κ1) is 22.4. The fraction of sp³-hybridized carbons (Fsp3) is 0.280. The second kappa shape index (κ2) is 9.36. The van der Waals surface area contributed by atoms with Crippen molar-refractivity contribution in [2.24, 2.45) is 0 Å². The molecule has 1 aliphatic heterocycles. The molecule has 33 heavy (non-hydrogen) atoms. The highest BCUT2D eigenvalue weighted by Gasteiger charge is 2.37. The Balaban J connectivity index is 1.98. The van der Waals surface area contributed by atoms with Crippen molar-refractivity contribution in [2.45, 2.75) is 26.3 Å². The number of amides is 1. The number of para-hydroxylation sites is 1. The number of fused-ring (bicyclic) bond motifs is 1. The highest BCUT2D eigenvalue weighted by atomic mass is 19.1. The van der Waals surface area contributed by atoms with Gasteiger partial charge in [-0.1, -0.05) is 49.4 Å². The molecule has 8 heteroatoms. The topological polar surface area (TPSA) is 75.0 Å². The Bertz CT molecular complexity index is 1210. The molecular weight excluding hydrogens is 425 g/mol. The van der Waals surface area contributed by atoms with E-state index in [1.54, 1.807) is 24.0 Å². The lowest BCUT2D eigenvalue weighted by Gasteiger charge is -2.44. The lowest BCUT2D eigenvalue weighted by Crippen LogP contribution is -2.55. The number of rotatable bonds is 7. The van der Waals surface area contributed by atoms with Crippen LogP contribution in [0.4, 0.5) is 4.39 Å². The Morgan fingerprint density at radius 2 is 1.82 bits per heavy atom. The Morgan fingerprint density at radius 1 is 1.06 bits per heavy atom. The number of carbonyl (C=O) groups is 1. The molecule has 1 atom stereocenters. The number of hydrogen-bond acceptors (Lipinski definition) is 5. The van der Waals surface area contributed by atoms with Gasteiger partial charge in [0.1, 0.15) is 12.7 Å². The molecule has 0 bridgehead atoms. The maximum absolute atomic E-state index is 14.9. The summed E-state index contributed by atoms with van der Waals surface area (Å²) >= 11 is 0. The van der Waals surface area contributed by atoms with Gasteiger partial charge in [-0.05, 0) is 25.0 Å². The summed E-state index contributed by atoms with van der Waals surface area (Å²) in [5.41, 5.74) is 0.652.